The minimum atomic E-state index is 0.122. The molecule has 0 aromatic carbocycles. The van der Waals surface area contributed by atoms with Crippen molar-refractivity contribution in [2.45, 2.75) is 13.3 Å². The van der Waals surface area contributed by atoms with Crippen molar-refractivity contribution in [1.82, 2.24) is 10.3 Å². The zero-order chi connectivity index (χ0) is 11.5. The molecule has 1 aromatic heterocycles. The van der Waals surface area contributed by atoms with Crippen LogP contribution < -0.4 is 10.2 Å². The number of amides is 1. The molecule has 0 unspecified atom stereocenters. The third kappa shape index (κ3) is 2.52. The molecular weight excluding hydrogens is 270 g/mol. The van der Waals surface area contributed by atoms with Crippen LogP contribution in [0.2, 0.25) is 0 Å². The highest BCUT2D eigenvalue weighted by atomic mass is 79.9. The van der Waals surface area contributed by atoms with Crippen LogP contribution in [0.3, 0.4) is 0 Å². The average molecular weight is 284 g/mol. The second kappa shape index (κ2) is 4.82. The Bertz CT molecular complexity index is 408. The van der Waals surface area contributed by atoms with Crippen LogP contribution >= 0.6 is 15.9 Å². The number of anilines is 1. The molecule has 0 saturated carbocycles. The van der Waals surface area contributed by atoms with Crippen LogP contribution in [0.25, 0.3) is 0 Å². The summed E-state index contributed by atoms with van der Waals surface area (Å²) in [5.41, 5.74) is 0.973. The highest BCUT2D eigenvalue weighted by Gasteiger charge is 2.14. The van der Waals surface area contributed by atoms with Gasteiger partial charge in [-0.05, 0) is 35.0 Å². The lowest BCUT2D eigenvalue weighted by atomic mass is 10.3. The molecule has 0 bridgehead atoms. The Labute approximate surface area is 103 Å². The zero-order valence-corrected chi connectivity index (χ0v) is 10.7. The van der Waals surface area contributed by atoms with Gasteiger partial charge in [-0.1, -0.05) is 0 Å². The lowest BCUT2D eigenvalue weighted by Gasteiger charge is -2.21. The number of pyridine rings is 1. The van der Waals surface area contributed by atoms with Gasteiger partial charge in [0, 0.05) is 30.5 Å². The first-order valence-corrected chi connectivity index (χ1v) is 6.11. The van der Waals surface area contributed by atoms with Gasteiger partial charge in [0.15, 0.2) is 0 Å². The first-order chi connectivity index (χ1) is 7.66. The van der Waals surface area contributed by atoms with Gasteiger partial charge < -0.3 is 10.2 Å². The van der Waals surface area contributed by atoms with E-state index in [1.54, 1.807) is 0 Å². The van der Waals surface area contributed by atoms with Crippen LogP contribution in [-0.2, 0) is 4.79 Å². The summed E-state index contributed by atoms with van der Waals surface area (Å²) in [5, 5.41) is 2.85. The topological polar surface area (TPSA) is 45.2 Å². The predicted octanol–water partition coefficient (Wildman–Crippen LogP) is 1.48. The molecule has 5 heteroatoms. The van der Waals surface area contributed by atoms with E-state index in [1.807, 2.05) is 19.1 Å². The van der Waals surface area contributed by atoms with E-state index in [2.05, 4.69) is 31.1 Å². The standard InChI is InChI=1S/C11H14BrN3O/c1-8-9(12)2-3-10(14-8)15-6-4-11(16)13-5-7-15/h2-3H,4-7H2,1H3,(H,13,16). The maximum absolute atomic E-state index is 11.2. The molecule has 1 amide bonds. The van der Waals surface area contributed by atoms with Crippen LogP contribution in [0.5, 0.6) is 0 Å². The Balaban J connectivity index is 2.16. The van der Waals surface area contributed by atoms with Crippen LogP contribution in [0.1, 0.15) is 12.1 Å². The van der Waals surface area contributed by atoms with E-state index in [0.29, 0.717) is 13.0 Å². The van der Waals surface area contributed by atoms with Gasteiger partial charge in [0.05, 0.1) is 5.69 Å². The molecule has 1 saturated heterocycles. The Kier molecular flexibility index (Phi) is 3.43. The smallest absolute Gasteiger partial charge is 0.221 e. The first kappa shape index (κ1) is 11.4. The van der Waals surface area contributed by atoms with Gasteiger partial charge in [-0.2, -0.15) is 0 Å². The number of carbonyl (C=O) groups excluding carboxylic acids is 1. The van der Waals surface area contributed by atoms with E-state index in [9.17, 15) is 4.79 Å². The number of rotatable bonds is 1. The van der Waals surface area contributed by atoms with Gasteiger partial charge in [0.2, 0.25) is 5.91 Å². The summed E-state index contributed by atoms with van der Waals surface area (Å²) in [4.78, 5) is 17.9. The monoisotopic (exact) mass is 283 g/mol. The van der Waals surface area contributed by atoms with Crippen LogP contribution in [0.15, 0.2) is 16.6 Å². The minimum absolute atomic E-state index is 0.122. The molecule has 1 aromatic rings. The molecule has 1 aliphatic heterocycles. The van der Waals surface area contributed by atoms with Crippen molar-refractivity contribution in [2.75, 3.05) is 24.5 Å². The molecule has 0 atom stereocenters. The summed E-state index contributed by atoms with van der Waals surface area (Å²) in [6, 6.07) is 3.98. The zero-order valence-electron chi connectivity index (χ0n) is 9.16. The maximum Gasteiger partial charge on any atom is 0.221 e. The molecule has 1 fully saturated rings. The lowest BCUT2D eigenvalue weighted by molar-refractivity contribution is -0.120. The van der Waals surface area contributed by atoms with E-state index in [0.717, 1.165) is 29.1 Å². The van der Waals surface area contributed by atoms with Crippen LogP contribution in [-0.4, -0.2) is 30.5 Å². The third-order valence-electron chi connectivity index (χ3n) is 2.64. The van der Waals surface area contributed by atoms with Crippen molar-refractivity contribution in [1.29, 1.82) is 0 Å². The molecular formula is C11H14BrN3O. The molecule has 2 heterocycles. The Morgan fingerprint density at radius 3 is 3.00 bits per heavy atom. The number of nitrogens with zero attached hydrogens (tertiary/aromatic N) is 2. The number of halogens is 1. The highest BCUT2D eigenvalue weighted by molar-refractivity contribution is 9.10. The van der Waals surface area contributed by atoms with Crippen molar-refractivity contribution < 1.29 is 4.79 Å². The Morgan fingerprint density at radius 2 is 2.25 bits per heavy atom. The summed E-state index contributed by atoms with van der Waals surface area (Å²) in [5.74, 6) is 1.06. The fourth-order valence-electron chi connectivity index (χ4n) is 1.70. The maximum atomic E-state index is 11.2. The normalized spacial score (nSPS) is 16.9. The molecule has 1 N–H and O–H groups in total. The van der Waals surface area contributed by atoms with Crippen molar-refractivity contribution in [3.63, 3.8) is 0 Å². The summed E-state index contributed by atoms with van der Waals surface area (Å²) in [6.45, 7) is 4.21. The van der Waals surface area contributed by atoms with Gasteiger partial charge in [-0.25, -0.2) is 4.98 Å². The van der Waals surface area contributed by atoms with E-state index < -0.39 is 0 Å². The molecule has 1 aliphatic rings. The average Bonchev–Trinajstić information content (AvgIpc) is 2.47. The summed E-state index contributed by atoms with van der Waals surface area (Å²) in [7, 11) is 0. The van der Waals surface area contributed by atoms with Crippen LogP contribution in [0, 0.1) is 6.92 Å². The second-order valence-electron chi connectivity index (χ2n) is 3.82. The summed E-state index contributed by atoms with van der Waals surface area (Å²) >= 11 is 3.43. The fraction of sp³-hybridized carbons (Fsp3) is 0.455. The highest BCUT2D eigenvalue weighted by Crippen LogP contribution is 2.19. The van der Waals surface area contributed by atoms with E-state index in [4.69, 9.17) is 0 Å². The van der Waals surface area contributed by atoms with E-state index >= 15 is 0 Å². The molecule has 0 radical (unpaired) electrons. The number of carbonyl (C=O) groups is 1. The van der Waals surface area contributed by atoms with Crippen molar-refractivity contribution in [3.05, 3.63) is 22.3 Å². The van der Waals surface area contributed by atoms with Gasteiger partial charge in [0.1, 0.15) is 5.82 Å². The molecule has 0 aliphatic carbocycles. The van der Waals surface area contributed by atoms with Crippen LogP contribution in [0.4, 0.5) is 5.82 Å². The van der Waals surface area contributed by atoms with E-state index in [1.165, 1.54) is 0 Å². The number of aryl methyl sites for hydroxylation is 1. The van der Waals surface area contributed by atoms with Gasteiger partial charge in [-0.15, -0.1) is 0 Å². The number of hydrogen-bond acceptors (Lipinski definition) is 3. The summed E-state index contributed by atoms with van der Waals surface area (Å²) < 4.78 is 1.01. The lowest BCUT2D eigenvalue weighted by Crippen LogP contribution is -2.29. The first-order valence-electron chi connectivity index (χ1n) is 5.31. The van der Waals surface area contributed by atoms with Crippen molar-refractivity contribution in [3.8, 4) is 0 Å². The van der Waals surface area contributed by atoms with Gasteiger partial charge >= 0.3 is 0 Å². The SMILES string of the molecule is Cc1nc(N2CCNC(=O)CC2)ccc1Br. The number of nitrogens with one attached hydrogen (secondary N) is 1. The molecule has 86 valence electrons. The van der Waals surface area contributed by atoms with E-state index in [-0.39, 0.29) is 5.91 Å². The van der Waals surface area contributed by atoms with Crippen molar-refractivity contribution >= 4 is 27.7 Å². The van der Waals surface area contributed by atoms with Gasteiger partial charge in [-0.3, -0.25) is 4.79 Å². The van der Waals surface area contributed by atoms with Crippen molar-refractivity contribution in [2.24, 2.45) is 0 Å². The fourth-order valence-corrected chi connectivity index (χ4v) is 1.92. The summed E-state index contributed by atoms with van der Waals surface area (Å²) in [6.07, 6.45) is 0.538. The Morgan fingerprint density at radius 1 is 1.44 bits per heavy atom. The molecule has 16 heavy (non-hydrogen) atoms. The molecule has 4 nitrogen and oxygen atoms in total. The number of hydrogen-bond donors (Lipinski definition) is 1. The third-order valence-corrected chi connectivity index (χ3v) is 3.48. The molecule has 0 spiro atoms. The Hall–Kier alpha value is -1.10. The number of aromatic nitrogens is 1. The second-order valence-corrected chi connectivity index (χ2v) is 4.68. The van der Waals surface area contributed by atoms with Gasteiger partial charge in [0.25, 0.3) is 0 Å². The predicted molar refractivity (Wildman–Crippen MR) is 66.5 cm³/mol. The largest absolute Gasteiger partial charge is 0.354 e. The minimum Gasteiger partial charge on any atom is -0.354 e. The quantitative estimate of drug-likeness (QED) is 0.849. The molecule has 2 rings (SSSR count).